The predicted octanol–water partition coefficient (Wildman–Crippen LogP) is 4.14. The van der Waals surface area contributed by atoms with Gasteiger partial charge in [0.05, 0.1) is 35.6 Å². The fraction of sp³-hybridized carbons (Fsp3) is 0.558. The average molecular weight is 792 g/mol. The summed E-state index contributed by atoms with van der Waals surface area (Å²) in [7, 11) is 0. The fourth-order valence-corrected chi connectivity index (χ4v) is 9.35. The van der Waals surface area contributed by atoms with Crippen LogP contribution >= 0.6 is 0 Å². The number of hydrogen-bond donors (Lipinski definition) is 4. The van der Waals surface area contributed by atoms with Crippen LogP contribution in [0.2, 0.25) is 0 Å². The van der Waals surface area contributed by atoms with E-state index in [2.05, 4.69) is 5.32 Å². The molecule has 6 rings (SSSR count). The molecule has 0 unspecified atom stereocenters. The number of nitrogens with one attached hydrogen (secondary N) is 1. The maximum atomic E-state index is 14.9. The number of hydrogen-bond acceptors (Lipinski definition) is 13. The lowest BCUT2D eigenvalue weighted by atomic mass is 9.45. The highest BCUT2D eigenvalue weighted by molar-refractivity contribution is 5.97. The lowest BCUT2D eigenvalue weighted by Gasteiger charge is -2.67. The summed E-state index contributed by atoms with van der Waals surface area (Å²) in [5.74, 6) is -5.42. The zero-order valence-electron chi connectivity index (χ0n) is 33.5. The highest BCUT2D eigenvalue weighted by Crippen LogP contribution is 2.64. The number of ether oxygens (including phenoxy) is 5. The third-order valence-corrected chi connectivity index (χ3v) is 12.6. The molecule has 1 saturated heterocycles. The van der Waals surface area contributed by atoms with E-state index in [9.17, 15) is 39.3 Å². The summed E-state index contributed by atoms with van der Waals surface area (Å²) < 4.78 is 29.9. The largest absolute Gasteiger partial charge is 0.462 e. The lowest BCUT2D eigenvalue weighted by molar-refractivity contribution is -0.346. The van der Waals surface area contributed by atoms with E-state index in [0.717, 1.165) is 0 Å². The molecule has 2 bridgehead atoms. The molecule has 308 valence electrons. The van der Waals surface area contributed by atoms with Gasteiger partial charge in [0.2, 0.25) is 0 Å². The molecule has 4 aliphatic rings. The molecule has 0 aromatic heterocycles. The summed E-state index contributed by atoms with van der Waals surface area (Å²) in [6.07, 6.45) is -7.33. The number of aliphatic hydroxyl groups excluding tert-OH is 2. The maximum Gasteiger partial charge on any atom is 0.408 e. The van der Waals surface area contributed by atoms with Crippen molar-refractivity contribution in [1.29, 1.82) is 0 Å². The first-order valence-electron chi connectivity index (χ1n) is 19.2. The number of rotatable bonds is 8. The Labute approximate surface area is 331 Å². The van der Waals surface area contributed by atoms with Gasteiger partial charge in [0, 0.05) is 31.1 Å². The molecular formula is C43H53NO13. The highest BCUT2D eigenvalue weighted by Gasteiger charge is 2.77. The van der Waals surface area contributed by atoms with E-state index in [1.165, 1.54) is 32.1 Å². The van der Waals surface area contributed by atoms with Gasteiger partial charge in [0.25, 0.3) is 0 Å². The van der Waals surface area contributed by atoms with Gasteiger partial charge in [0.1, 0.15) is 29.5 Å². The molecule has 1 amide bonds. The summed E-state index contributed by atoms with van der Waals surface area (Å²) in [6.45, 7) is 12.5. The molecule has 0 radical (unpaired) electrons. The van der Waals surface area contributed by atoms with Gasteiger partial charge in [0.15, 0.2) is 17.5 Å². The van der Waals surface area contributed by atoms with Crippen molar-refractivity contribution < 1.29 is 63.0 Å². The van der Waals surface area contributed by atoms with Gasteiger partial charge in [-0.15, -0.1) is 0 Å². The van der Waals surface area contributed by atoms with E-state index in [4.69, 9.17) is 23.7 Å². The minimum absolute atomic E-state index is 0.114. The molecule has 2 aromatic rings. The molecule has 57 heavy (non-hydrogen) atoms. The van der Waals surface area contributed by atoms with Crippen molar-refractivity contribution in [3.05, 3.63) is 83.4 Å². The van der Waals surface area contributed by atoms with Crippen molar-refractivity contribution in [2.24, 2.45) is 22.7 Å². The number of carbonyl (C=O) groups excluding carboxylic acids is 5. The van der Waals surface area contributed by atoms with E-state index < -0.39 is 106 Å². The second kappa shape index (κ2) is 14.9. The molecule has 2 saturated carbocycles. The number of esters is 3. The van der Waals surface area contributed by atoms with E-state index in [1.807, 2.05) is 0 Å². The SMILES string of the molecule is CC(=O)O[C@H]1C[C@@]2(O)[C@@H](OC(=O)c3ccccc3)[C@@H]3[C@]4(OC(=O)[C@@H](O)[C@H](NC(=O)OC(C)(C)C)c5ccccc5)CO[C@@H]4C[C@H](O)[C@@]3(C)C(=O)/C=C(/[C@H]1C)C2(C)C. The molecule has 3 fully saturated rings. The van der Waals surface area contributed by atoms with Crippen molar-refractivity contribution in [3.8, 4) is 0 Å². The number of ketones is 1. The number of allylic oxidation sites excluding steroid dienone is 1. The number of aliphatic hydroxyl groups is 3. The second-order valence-electron chi connectivity index (χ2n) is 17.5. The van der Waals surface area contributed by atoms with Crippen molar-refractivity contribution >= 4 is 29.8 Å². The molecule has 14 heteroatoms. The fourth-order valence-electron chi connectivity index (χ4n) is 9.35. The van der Waals surface area contributed by atoms with E-state index in [-0.39, 0.29) is 25.0 Å². The van der Waals surface area contributed by atoms with Gasteiger partial charge in [-0.3, -0.25) is 9.59 Å². The first-order valence-corrected chi connectivity index (χ1v) is 19.2. The van der Waals surface area contributed by atoms with Crippen LogP contribution in [0.1, 0.15) is 90.2 Å². The number of benzene rings is 2. The summed E-state index contributed by atoms with van der Waals surface area (Å²) in [6, 6.07) is 14.8. The number of carbonyl (C=O) groups is 5. The molecule has 2 aromatic carbocycles. The van der Waals surface area contributed by atoms with Crippen LogP contribution in [0.15, 0.2) is 72.3 Å². The number of alkyl carbamates (subject to hydrolysis) is 1. The number of amides is 1. The highest BCUT2D eigenvalue weighted by atomic mass is 16.6. The molecular weight excluding hydrogens is 738 g/mol. The Morgan fingerprint density at radius 3 is 2.14 bits per heavy atom. The van der Waals surface area contributed by atoms with Crippen LogP contribution in [0.3, 0.4) is 0 Å². The van der Waals surface area contributed by atoms with Gasteiger partial charge >= 0.3 is 24.0 Å². The smallest absolute Gasteiger partial charge is 0.408 e. The Balaban J connectivity index is 1.51. The second-order valence-corrected chi connectivity index (χ2v) is 17.5. The van der Waals surface area contributed by atoms with Crippen molar-refractivity contribution in [2.45, 2.75) is 122 Å². The number of fused-ring (bicyclic) bond motifs is 5. The lowest BCUT2D eigenvalue weighted by Crippen LogP contribution is -2.81. The van der Waals surface area contributed by atoms with Crippen molar-refractivity contribution in [1.82, 2.24) is 5.32 Å². The van der Waals surface area contributed by atoms with Crippen molar-refractivity contribution in [2.75, 3.05) is 6.61 Å². The summed E-state index contributed by atoms with van der Waals surface area (Å²) in [5.41, 5.74) is -7.31. The quantitative estimate of drug-likeness (QED) is 0.220. The van der Waals surface area contributed by atoms with Gasteiger partial charge in [-0.05, 0) is 51.5 Å². The Morgan fingerprint density at radius 1 is 0.965 bits per heavy atom. The van der Waals surface area contributed by atoms with E-state index in [0.29, 0.717) is 11.1 Å². The Kier molecular flexibility index (Phi) is 11.0. The third-order valence-electron chi connectivity index (χ3n) is 12.6. The minimum atomic E-state index is -2.14. The molecule has 3 aliphatic carbocycles. The van der Waals surface area contributed by atoms with Crippen LogP contribution in [-0.4, -0.2) is 99.0 Å². The standard InChI is InChI=1S/C43H53NO13/c1-23-27-19-29(46)41(8)30(47)20-31-42(22-53-31,56-37(50)33(48)32(25-15-11-9-12-16-25)44-38(51)57-39(3,4)5)34(41)35(55-36(49)26-17-13-10-14-18-26)43(52,40(27,6)7)21-28(23)54-24(2)45/h9-19,23,28,30-35,47-48,52H,20-22H2,1-8H3,(H,44,51)/b27-19-/t23-,28+,30+,31-,32-,33+,34+,35+,41-,42+,43-/m1/s1. The summed E-state index contributed by atoms with van der Waals surface area (Å²) >= 11 is 0. The normalized spacial score (nSPS) is 34.8. The van der Waals surface area contributed by atoms with Gasteiger partial charge in [-0.2, -0.15) is 0 Å². The Bertz CT molecular complexity index is 1920. The van der Waals surface area contributed by atoms with Gasteiger partial charge in [-0.1, -0.05) is 74.9 Å². The van der Waals surface area contributed by atoms with Crippen molar-refractivity contribution in [3.63, 3.8) is 0 Å². The minimum Gasteiger partial charge on any atom is -0.462 e. The Hall–Kier alpha value is -4.63. The van der Waals surface area contributed by atoms with Crippen LogP contribution in [0.4, 0.5) is 4.79 Å². The molecule has 11 atom stereocenters. The third kappa shape index (κ3) is 7.26. The zero-order chi connectivity index (χ0) is 41.9. The molecule has 14 nitrogen and oxygen atoms in total. The molecule has 4 N–H and O–H groups in total. The first kappa shape index (κ1) is 42.0. The monoisotopic (exact) mass is 791 g/mol. The van der Waals surface area contributed by atoms with Crippen LogP contribution in [0, 0.1) is 22.7 Å². The molecule has 0 spiro atoms. The van der Waals surface area contributed by atoms with Crippen LogP contribution < -0.4 is 5.32 Å². The van der Waals surface area contributed by atoms with E-state index >= 15 is 0 Å². The molecule has 1 heterocycles. The van der Waals surface area contributed by atoms with Gasteiger partial charge in [-0.25, -0.2) is 14.4 Å². The van der Waals surface area contributed by atoms with Gasteiger partial charge < -0.3 is 44.3 Å². The average Bonchev–Trinajstić information content (AvgIpc) is 3.13. The predicted molar refractivity (Wildman–Crippen MR) is 202 cm³/mol. The first-order chi connectivity index (χ1) is 26.6. The van der Waals surface area contributed by atoms with Crippen LogP contribution in [-0.2, 0) is 38.1 Å². The zero-order valence-corrected chi connectivity index (χ0v) is 33.5. The Morgan fingerprint density at radius 2 is 1.58 bits per heavy atom. The van der Waals surface area contributed by atoms with E-state index in [1.54, 1.807) is 90.1 Å². The topological polar surface area (TPSA) is 204 Å². The summed E-state index contributed by atoms with van der Waals surface area (Å²) in [5, 5.41) is 39.7. The molecule has 1 aliphatic heterocycles. The van der Waals surface area contributed by atoms with Crippen LogP contribution in [0.25, 0.3) is 0 Å². The maximum absolute atomic E-state index is 14.9. The van der Waals surface area contributed by atoms with Crippen LogP contribution in [0.5, 0.6) is 0 Å². The summed E-state index contributed by atoms with van der Waals surface area (Å²) in [4.78, 5) is 69.0.